The number of hydrogen-bond acceptors (Lipinski definition) is 4. The van der Waals surface area contributed by atoms with Gasteiger partial charge in [-0.25, -0.2) is 0 Å². The van der Waals surface area contributed by atoms with E-state index in [1.54, 1.807) is 0 Å². The summed E-state index contributed by atoms with van der Waals surface area (Å²) in [4.78, 5) is 34.3. The van der Waals surface area contributed by atoms with Gasteiger partial charge in [-0.3, -0.25) is 14.4 Å². The molecule has 18 heavy (non-hydrogen) atoms. The lowest BCUT2D eigenvalue weighted by Gasteiger charge is -2.13. The van der Waals surface area contributed by atoms with E-state index in [9.17, 15) is 14.4 Å². The Bertz CT molecular complexity index is 381. The maximum absolute atomic E-state index is 11.5. The number of carbonyl (C=O) groups excluding carboxylic acids is 3. The van der Waals surface area contributed by atoms with E-state index in [0.717, 1.165) is 12.8 Å². The average molecular weight is 272 g/mol. The van der Waals surface area contributed by atoms with Crippen molar-refractivity contribution in [1.29, 1.82) is 0 Å². The number of thiocarbonyl (C=S) groups is 1. The van der Waals surface area contributed by atoms with Crippen molar-refractivity contribution in [2.45, 2.75) is 31.8 Å². The van der Waals surface area contributed by atoms with Crippen molar-refractivity contribution in [2.24, 2.45) is 5.73 Å². The second-order valence-corrected chi connectivity index (χ2v) is 4.65. The minimum absolute atomic E-state index is 0.0514. The Kier molecular flexibility index (Phi) is 5.02. The summed E-state index contributed by atoms with van der Waals surface area (Å²) in [5.41, 5.74) is 5.17. The molecule has 1 aliphatic carbocycles. The van der Waals surface area contributed by atoms with Gasteiger partial charge in [0.25, 0.3) is 0 Å². The van der Waals surface area contributed by atoms with Crippen molar-refractivity contribution in [3.05, 3.63) is 0 Å². The maximum atomic E-state index is 11.5. The van der Waals surface area contributed by atoms with Gasteiger partial charge >= 0.3 is 11.8 Å². The van der Waals surface area contributed by atoms with Crippen LogP contribution in [0.4, 0.5) is 0 Å². The predicted octanol–water partition coefficient (Wildman–Crippen LogP) is -1.83. The summed E-state index contributed by atoms with van der Waals surface area (Å²) in [5, 5.41) is 7.24. The van der Waals surface area contributed by atoms with Gasteiger partial charge < -0.3 is 21.7 Å². The molecule has 1 rings (SSSR count). The molecule has 0 heterocycles. The molecule has 0 aromatic rings. The van der Waals surface area contributed by atoms with Crippen LogP contribution < -0.4 is 21.7 Å². The molecular formula is C10H16N4O3S. The molecule has 3 amide bonds. The highest BCUT2D eigenvalue weighted by Crippen LogP contribution is 2.18. The Hall–Kier alpha value is -1.70. The largest absolute Gasteiger partial charge is 0.392 e. The molecule has 8 heteroatoms. The molecule has 0 saturated heterocycles. The molecule has 0 aliphatic heterocycles. The lowest BCUT2D eigenvalue weighted by atomic mass is 10.3. The highest BCUT2D eigenvalue weighted by molar-refractivity contribution is 7.80. The fourth-order valence-corrected chi connectivity index (χ4v) is 1.20. The summed E-state index contributed by atoms with van der Waals surface area (Å²) in [5.74, 6) is -2.05. The highest BCUT2D eigenvalue weighted by Gasteiger charge is 2.27. The first-order chi connectivity index (χ1) is 8.40. The lowest BCUT2D eigenvalue weighted by molar-refractivity contribution is -0.140. The van der Waals surface area contributed by atoms with Crippen LogP contribution in [0.2, 0.25) is 0 Å². The van der Waals surface area contributed by atoms with E-state index >= 15 is 0 Å². The second-order valence-electron chi connectivity index (χ2n) is 4.13. The Morgan fingerprint density at radius 1 is 1.33 bits per heavy atom. The summed E-state index contributed by atoms with van der Waals surface area (Å²) >= 11 is 4.55. The van der Waals surface area contributed by atoms with Gasteiger partial charge in [-0.2, -0.15) is 0 Å². The van der Waals surface area contributed by atoms with E-state index < -0.39 is 17.9 Å². The molecule has 100 valence electrons. The van der Waals surface area contributed by atoms with Crippen LogP contribution in [-0.4, -0.2) is 41.3 Å². The predicted molar refractivity (Wildman–Crippen MR) is 68.6 cm³/mol. The van der Waals surface area contributed by atoms with Crippen LogP contribution in [0.25, 0.3) is 0 Å². The molecular weight excluding hydrogens is 256 g/mol. The van der Waals surface area contributed by atoms with Gasteiger partial charge in [0, 0.05) is 6.04 Å². The first-order valence-corrected chi connectivity index (χ1v) is 5.98. The van der Waals surface area contributed by atoms with E-state index in [0.29, 0.717) is 0 Å². The Labute approximate surface area is 110 Å². The second kappa shape index (κ2) is 6.29. The topological polar surface area (TPSA) is 113 Å². The molecule has 0 bridgehead atoms. The van der Waals surface area contributed by atoms with E-state index in [2.05, 4.69) is 28.2 Å². The van der Waals surface area contributed by atoms with Crippen LogP contribution in [-0.2, 0) is 14.4 Å². The molecule has 0 aromatic carbocycles. The summed E-state index contributed by atoms with van der Waals surface area (Å²) in [6, 6.07) is -0.547. The third-order valence-electron chi connectivity index (χ3n) is 2.29. The SMILES string of the molecule is CC(NC(=O)C(=O)NCC(N)=S)C(=O)NC1CC1. The highest BCUT2D eigenvalue weighted by atomic mass is 32.1. The Balaban J connectivity index is 2.30. The maximum Gasteiger partial charge on any atom is 0.309 e. The molecule has 0 radical (unpaired) electrons. The fourth-order valence-electron chi connectivity index (χ4n) is 1.13. The van der Waals surface area contributed by atoms with Gasteiger partial charge in [0.2, 0.25) is 5.91 Å². The van der Waals surface area contributed by atoms with Crippen LogP contribution in [0.15, 0.2) is 0 Å². The first kappa shape index (κ1) is 14.4. The van der Waals surface area contributed by atoms with Crippen molar-refractivity contribution in [3.63, 3.8) is 0 Å². The zero-order valence-corrected chi connectivity index (χ0v) is 10.8. The lowest BCUT2D eigenvalue weighted by Crippen LogP contribution is -2.50. The number of amides is 3. The van der Waals surface area contributed by atoms with Crippen molar-refractivity contribution in [1.82, 2.24) is 16.0 Å². The van der Waals surface area contributed by atoms with Crippen molar-refractivity contribution in [2.75, 3.05) is 6.54 Å². The molecule has 1 fully saturated rings. The molecule has 1 saturated carbocycles. The van der Waals surface area contributed by atoms with Crippen LogP contribution in [0.1, 0.15) is 19.8 Å². The number of carbonyl (C=O) groups is 3. The third kappa shape index (κ3) is 5.09. The molecule has 5 N–H and O–H groups in total. The van der Waals surface area contributed by atoms with E-state index in [1.165, 1.54) is 6.92 Å². The minimum atomic E-state index is -0.885. The van der Waals surface area contributed by atoms with Crippen molar-refractivity contribution < 1.29 is 14.4 Å². The Morgan fingerprint density at radius 2 is 1.94 bits per heavy atom. The normalized spacial score (nSPS) is 15.4. The average Bonchev–Trinajstić information content (AvgIpc) is 3.09. The van der Waals surface area contributed by atoms with Gasteiger partial charge in [0.15, 0.2) is 0 Å². The van der Waals surface area contributed by atoms with E-state index in [4.69, 9.17) is 5.73 Å². The molecule has 1 unspecified atom stereocenters. The number of nitrogens with two attached hydrogens (primary N) is 1. The quantitative estimate of drug-likeness (QED) is 0.347. The zero-order chi connectivity index (χ0) is 13.7. The minimum Gasteiger partial charge on any atom is -0.392 e. The van der Waals surface area contributed by atoms with Crippen LogP contribution >= 0.6 is 12.2 Å². The fraction of sp³-hybridized carbons (Fsp3) is 0.600. The van der Waals surface area contributed by atoms with Crippen LogP contribution in [0.3, 0.4) is 0 Å². The molecule has 1 aliphatic rings. The Morgan fingerprint density at radius 3 is 2.44 bits per heavy atom. The van der Waals surface area contributed by atoms with Gasteiger partial charge in [-0.05, 0) is 19.8 Å². The van der Waals surface area contributed by atoms with E-state index in [1.807, 2.05) is 0 Å². The van der Waals surface area contributed by atoms with E-state index in [-0.39, 0.29) is 23.5 Å². The van der Waals surface area contributed by atoms with Gasteiger partial charge in [0.1, 0.15) is 6.04 Å². The van der Waals surface area contributed by atoms with Crippen molar-refractivity contribution in [3.8, 4) is 0 Å². The summed E-state index contributed by atoms with van der Waals surface area (Å²) in [7, 11) is 0. The summed E-state index contributed by atoms with van der Waals surface area (Å²) in [6.07, 6.45) is 1.92. The zero-order valence-electron chi connectivity index (χ0n) is 9.99. The molecule has 1 atom stereocenters. The standard InChI is InChI=1S/C10H16N4O3S/c1-5(8(15)14-6-2-3-6)13-10(17)9(16)12-4-7(11)18/h5-6H,2-4H2,1H3,(H2,11,18)(H,12,16)(H,13,17)(H,14,15). The first-order valence-electron chi connectivity index (χ1n) is 5.57. The van der Waals surface area contributed by atoms with Gasteiger partial charge in [-0.15, -0.1) is 0 Å². The summed E-state index contributed by atoms with van der Waals surface area (Å²) in [6.45, 7) is 1.46. The van der Waals surface area contributed by atoms with Crippen LogP contribution in [0.5, 0.6) is 0 Å². The monoisotopic (exact) mass is 272 g/mol. The summed E-state index contributed by atoms with van der Waals surface area (Å²) < 4.78 is 0. The number of hydrogen-bond donors (Lipinski definition) is 4. The third-order valence-corrected chi connectivity index (χ3v) is 2.44. The molecule has 7 nitrogen and oxygen atoms in total. The number of nitrogens with one attached hydrogen (secondary N) is 3. The smallest absolute Gasteiger partial charge is 0.309 e. The number of rotatable bonds is 5. The van der Waals surface area contributed by atoms with Crippen LogP contribution in [0, 0.1) is 0 Å². The molecule has 0 aromatic heterocycles. The van der Waals surface area contributed by atoms with Gasteiger partial charge in [0.05, 0.1) is 11.5 Å². The molecule has 0 spiro atoms. The van der Waals surface area contributed by atoms with Crippen molar-refractivity contribution >= 4 is 34.9 Å². The van der Waals surface area contributed by atoms with Gasteiger partial charge in [-0.1, -0.05) is 12.2 Å².